The van der Waals surface area contributed by atoms with Gasteiger partial charge in [0.25, 0.3) is 23.6 Å². The molecule has 2 aliphatic heterocycles. The average Bonchev–Trinajstić information content (AvgIpc) is 3.08. The number of carbonyl (C=O) groups excluding carboxylic acids is 4. The van der Waals surface area contributed by atoms with Crippen LogP contribution in [0.2, 0.25) is 0 Å². The number of benzene rings is 2. The quantitative estimate of drug-likeness (QED) is 0.309. The highest BCUT2D eigenvalue weighted by molar-refractivity contribution is 5.97. The number of nitrogens with one attached hydrogen (secondary N) is 2. The Morgan fingerprint density at radius 3 is 1.41 bits per heavy atom. The molecule has 2 saturated heterocycles. The lowest BCUT2D eigenvalue weighted by atomic mass is 10.0. The summed E-state index contributed by atoms with van der Waals surface area (Å²) < 4.78 is 0. The number of likely N-dealkylation sites (tertiary alicyclic amines) is 2. The maximum absolute atomic E-state index is 13.3. The van der Waals surface area contributed by atoms with Gasteiger partial charge < -0.3 is 31.9 Å². The largest absolute Gasteiger partial charge is 0.349 e. The summed E-state index contributed by atoms with van der Waals surface area (Å²) in [5, 5.41) is 6.12. The maximum atomic E-state index is 13.3. The summed E-state index contributed by atoms with van der Waals surface area (Å²) in [4.78, 5) is 59.8. The minimum Gasteiger partial charge on any atom is -0.349 e. The van der Waals surface area contributed by atoms with Gasteiger partial charge in [0, 0.05) is 62.5 Å². The highest BCUT2D eigenvalue weighted by Gasteiger charge is 2.28. The van der Waals surface area contributed by atoms with Gasteiger partial charge in [0.1, 0.15) is 11.4 Å². The molecule has 0 bridgehead atoms. The van der Waals surface area contributed by atoms with Crippen LogP contribution in [0, 0.1) is 0 Å². The molecule has 230 valence electrons. The topological polar surface area (TPSA) is 164 Å². The van der Waals surface area contributed by atoms with Crippen molar-refractivity contribution in [2.75, 3.05) is 26.2 Å². The van der Waals surface area contributed by atoms with E-state index in [0.29, 0.717) is 76.1 Å². The Labute approximate surface area is 257 Å². The molecule has 6 N–H and O–H groups in total. The Kier molecular flexibility index (Phi) is 9.98. The lowest BCUT2D eigenvalue weighted by Gasteiger charge is -2.33. The Hall–Kier alpha value is -4.61. The number of amides is 4. The third-order valence-corrected chi connectivity index (χ3v) is 8.27. The lowest BCUT2D eigenvalue weighted by Crippen LogP contribution is -2.47. The van der Waals surface area contributed by atoms with Crippen LogP contribution in [0.4, 0.5) is 0 Å². The van der Waals surface area contributed by atoms with Gasteiger partial charge in [-0.05, 0) is 73.2 Å². The van der Waals surface area contributed by atoms with Crippen molar-refractivity contribution in [3.63, 3.8) is 0 Å². The predicted molar refractivity (Wildman–Crippen MR) is 166 cm³/mol. The molecule has 3 aromatic rings. The fraction of sp³-hybridized carbons (Fsp3) is 0.364. The second-order valence-electron chi connectivity index (χ2n) is 11.3. The van der Waals surface area contributed by atoms with Crippen LogP contribution in [0.3, 0.4) is 0 Å². The van der Waals surface area contributed by atoms with Gasteiger partial charge in [-0.25, -0.2) is 4.98 Å². The highest BCUT2D eigenvalue weighted by Crippen LogP contribution is 2.17. The standard InChI is InChI=1S/C33H39N7O4/c34-20-22-4-1-6-24(18-22)30(41)36-26-10-14-39(15-11-26)32(43)28-8-3-9-29(38-28)33(44)40-16-12-27(13-17-40)37-31(42)25-7-2-5-23(19-25)21-35/h1-9,18-19,26-27H,10-17,20-21,34-35H2,(H,36,41)(H,37,42). The summed E-state index contributed by atoms with van der Waals surface area (Å²) >= 11 is 0. The number of rotatable bonds is 8. The summed E-state index contributed by atoms with van der Waals surface area (Å²) in [6.45, 7) is 2.63. The third-order valence-electron chi connectivity index (χ3n) is 8.27. The Morgan fingerprint density at radius 2 is 1.02 bits per heavy atom. The van der Waals surface area contributed by atoms with Crippen LogP contribution in [0.1, 0.15) is 78.5 Å². The molecule has 11 heteroatoms. The summed E-state index contributed by atoms with van der Waals surface area (Å²) in [5.41, 5.74) is 14.7. The minimum atomic E-state index is -0.236. The van der Waals surface area contributed by atoms with E-state index >= 15 is 0 Å². The molecule has 2 aromatic carbocycles. The molecule has 2 fully saturated rings. The molecule has 11 nitrogen and oxygen atoms in total. The monoisotopic (exact) mass is 597 g/mol. The van der Waals surface area contributed by atoms with Gasteiger partial charge in [-0.3, -0.25) is 19.2 Å². The SMILES string of the molecule is NCc1cccc(C(=O)NC2CCN(C(=O)c3cccc(C(=O)N4CCC(NC(=O)c5cccc(CN)c5)CC4)n3)CC2)c1. The van der Waals surface area contributed by atoms with Crippen molar-refractivity contribution in [3.05, 3.63) is 100 Å². The molecule has 0 aliphatic carbocycles. The molecule has 0 atom stereocenters. The lowest BCUT2D eigenvalue weighted by molar-refractivity contribution is 0.0688. The van der Waals surface area contributed by atoms with Crippen LogP contribution >= 0.6 is 0 Å². The van der Waals surface area contributed by atoms with Crippen LogP contribution < -0.4 is 22.1 Å². The smallest absolute Gasteiger partial charge is 0.272 e. The van der Waals surface area contributed by atoms with Gasteiger partial charge in [0.05, 0.1) is 0 Å². The number of hydrogen-bond acceptors (Lipinski definition) is 7. The van der Waals surface area contributed by atoms with Gasteiger partial charge in [0.2, 0.25) is 0 Å². The normalized spacial score (nSPS) is 16.0. The van der Waals surface area contributed by atoms with Gasteiger partial charge >= 0.3 is 0 Å². The predicted octanol–water partition coefficient (Wildman–Crippen LogP) is 2.07. The first-order valence-corrected chi connectivity index (χ1v) is 15.1. The van der Waals surface area contributed by atoms with Crippen LogP contribution in [0.25, 0.3) is 0 Å². The first-order valence-electron chi connectivity index (χ1n) is 15.1. The molecule has 1 aromatic heterocycles. The van der Waals surface area contributed by atoms with Crippen molar-refractivity contribution in [2.24, 2.45) is 11.5 Å². The van der Waals surface area contributed by atoms with Gasteiger partial charge in [-0.2, -0.15) is 0 Å². The minimum absolute atomic E-state index is 0.0437. The molecule has 0 radical (unpaired) electrons. The van der Waals surface area contributed by atoms with Crippen molar-refractivity contribution in [2.45, 2.75) is 50.9 Å². The molecule has 2 aliphatic rings. The zero-order valence-electron chi connectivity index (χ0n) is 24.7. The van der Waals surface area contributed by atoms with E-state index in [1.165, 1.54) is 0 Å². The van der Waals surface area contributed by atoms with E-state index in [4.69, 9.17) is 11.5 Å². The van der Waals surface area contributed by atoms with E-state index in [-0.39, 0.29) is 47.1 Å². The number of carbonyl (C=O) groups is 4. The average molecular weight is 598 g/mol. The number of nitrogens with two attached hydrogens (primary N) is 2. The molecule has 0 unspecified atom stereocenters. The second kappa shape index (κ2) is 14.2. The van der Waals surface area contributed by atoms with Crippen molar-refractivity contribution >= 4 is 23.6 Å². The zero-order valence-corrected chi connectivity index (χ0v) is 24.7. The molecule has 0 saturated carbocycles. The number of piperidine rings is 2. The van der Waals surface area contributed by atoms with Crippen molar-refractivity contribution in [1.82, 2.24) is 25.4 Å². The van der Waals surface area contributed by atoms with Gasteiger partial charge in [-0.15, -0.1) is 0 Å². The van der Waals surface area contributed by atoms with Crippen LogP contribution in [0.5, 0.6) is 0 Å². The summed E-state index contributed by atoms with van der Waals surface area (Å²) in [6, 6.07) is 19.3. The van der Waals surface area contributed by atoms with E-state index in [0.717, 1.165) is 11.1 Å². The van der Waals surface area contributed by atoms with E-state index in [9.17, 15) is 19.2 Å². The molecular weight excluding hydrogens is 558 g/mol. The van der Waals surface area contributed by atoms with Gasteiger partial charge in [0.15, 0.2) is 0 Å². The molecule has 0 spiro atoms. The van der Waals surface area contributed by atoms with Crippen molar-refractivity contribution in [1.29, 1.82) is 0 Å². The third kappa shape index (κ3) is 7.47. The number of hydrogen-bond donors (Lipinski definition) is 4. The van der Waals surface area contributed by atoms with E-state index in [2.05, 4.69) is 15.6 Å². The fourth-order valence-corrected chi connectivity index (χ4v) is 5.67. The summed E-state index contributed by atoms with van der Waals surface area (Å²) in [6.07, 6.45) is 2.49. The number of pyridine rings is 1. The zero-order chi connectivity index (χ0) is 31.1. The van der Waals surface area contributed by atoms with E-state index in [1.807, 2.05) is 24.3 Å². The van der Waals surface area contributed by atoms with Crippen LogP contribution in [-0.2, 0) is 13.1 Å². The Balaban J connectivity index is 1.10. The first kappa shape index (κ1) is 30.8. The van der Waals surface area contributed by atoms with E-state index in [1.54, 1.807) is 52.3 Å². The maximum Gasteiger partial charge on any atom is 0.272 e. The Bertz CT molecular complexity index is 1400. The summed E-state index contributed by atoms with van der Waals surface area (Å²) in [7, 11) is 0. The second-order valence-corrected chi connectivity index (χ2v) is 11.3. The fourth-order valence-electron chi connectivity index (χ4n) is 5.67. The molecule has 5 rings (SSSR count). The van der Waals surface area contributed by atoms with Crippen molar-refractivity contribution < 1.29 is 19.2 Å². The Morgan fingerprint density at radius 1 is 0.636 bits per heavy atom. The van der Waals surface area contributed by atoms with Gasteiger partial charge in [-0.1, -0.05) is 30.3 Å². The number of aromatic nitrogens is 1. The summed E-state index contributed by atoms with van der Waals surface area (Å²) in [5.74, 6) is -0.774. The highest BCUT2D eigenvalue weighted by atomic mass is 16.2. The van der Waals surface area contributed by atoms with Crippen LogP contribution in [-0.4, -0.2) is 76.7 Å². The first-order chi connectivity index (χ1) is 21.3. The molecule has 4 amide bonds. The number of nitrogens with zero attached hydrogens (tertiary/aromatic N) is 3. The molecular formula is C33H39N7O4. The molecule has 3 heterocycles. The van der Waals surface area contributed by atoms with E-state index < -0.39 is 0 Å². The van der Waals surface area contributed by atoms with Crippen molar-refractivity contribution in [3.8, 4) is 0 Å². The molecule has 44 heavy (non-hydrogen) atoms. The van der Waals surface area contributed by atoms with Crippen LogP contribution in [0.15, 0.2) is 66.7 Å².